The molecule has 2 aromatic rings. The number of rotatable bonds is 9. The van der Waals surface area contributed by atoms with Gasteiger partial charge in [-0.15, -0.1) is 34.2 Å². The Hall–Kier alpha value is -5.14. The Labute approximate surface area is 290 Å². The number of aromatic nitrogens is 2. The van der Waals surface area contributed by atoms with E-state index in [2.05, 4.69) is 15.6 Å². The summed E-state index contributed by atoms with van der Waals surface area (Å²) in [7, 11) is 0. The van der Waals surface area contributed by atoms with Gasteiger partial charge in [0, 0.05) is 23.3 Å². The van der Waals surface area contributed by atoms with E-state index in [-0.39, 0.29) is 52.3 Å². The summed E-state index contributed by atoms with van der Waals surface area (Å²) in [6.45, 7) is 6.26. The average Bonchev–Trinajstić information content (AvgIpc) is 3.58. The summed E-state index contributed by atoms with van der Waals surface area (Å²) < 4.78 is 0. The van der Waals surface area contributed by atoms with E-state index in [4.69, 9.17) is 4.98 Å². The van der Waals surface area contributed by atoms with Gasteiger partial charge >= 0.3 is 40.9 Å². The predicted molar refractivity (Wildman–Crippen MR) is 170 cm³/mol. The van der Waals surface area contributed by atoms with Crippen molar-refractivity contribution in [3.63, 3.8) is 0 Å². The van der Waals surface area contributed by atoms with Gasteiger partial charge in [-0.1, -0.05) is 66.2 Å². The Morgan fingerprint density at radius 1 is 0.755 bits per heavy atom. The van der Waals surface area contributed by atoms with Crippen LogP contribution >= 0.6 is 0 Å². The fourth-order valence-electron chi connectivity index (χ4n) is 6.45. The van der Waals surface area contributed by atoms with Gasteiger partial charge < -0.3 is 41.0 Å². The van der Waals surface area contributed by atoms with Crippen LogP contribution < -0.4 is 20.7 Å². The van der Waals surface area contributed by atoms with E-state index in [1.807, 2.05) is 0 Å². The molecule has 15 heteroatoms. The average molecular weight is 712 g/mol. The molecule has 256 valence electrons. The summed E-state index contributed by atoms with van der Waals surface area (Å²) in [4.78, 5) is 84.1. The molecule has 0 aromatic carbocycles. The number of allylic oxidation sites excluding steroid dienone is 2. The Balaban J connectivity index is 0.00000541. The van der Waals surface area contributed by atoms with Crippen molar-refractivity contribution in [3.05, 3.63) is 78.5 Å². The molecule has 0 aliphatic carbocycles. The number of carboxylic acid groups (broad SMARTS) is 4. The predicted octanol–water partition coefficient (Wildman–Crippen LogP) is 1.79. The molecule has 4 atom stereocenters. The van der Waals surface area contributed by atoms with Crippen molar-refractivity contribution in [2.24, 2.45) is 10.8 Å². The number of fused-ring (bicyclic) bond motifs is 8. The summed E-state index contributed by atoms with van der Waals surface area (Å²) in [5.74, 6) is -6.05. The summed E-state index contributed by atoms with van der Waals surface area (Å²) in [6.07, 6.45) is 6.65. The molecule has 49 heavy (non-hydrogen) atoms. The van der Waals surface area contributed by atoms with Crippen molar-refractivity contribution >= 4 is 59.7 Å². The molecule has 5 rings (SSSR count). The molecule has 4 N–H and O–H groups in total. The third-order valence-electron chi connectivity index (χ3n) is 9.25. The first-order chi connectivity index (χ1) is 22.4. The molecule has 3 aliphatic heterocycles. The van der Waals surface area contributed by atoms with Gasteiger partial charge in [0.15, 0.2) is 0 Å². The molecule has 3 aliphatic rings. The first-order valence-corrected chi connectivity index (χ1v) is 15.0. The van der Waals surface area contributed by atoms with Crippen LogP contribution in [0.15, 0.2) is 23.5 Å². The minimum atomic E-state index is -1.62. The standard InChI is InChI=1S/C34H34N4O10.Fe/c1-15-17(5-7-27(39)40)21-10-22-18(6-8-28(41)42)16(2)20(36-22)11-25-33(3,13-29(43)44)32(48)24(38-25)12-26-34(4,14-30(45)46)31(47)23(37-26)9-19(15)35-21;/h6,8-12,25-26H,5,7,13-14H2,1-4H3,(H6,35,36,39,40,41,42,43,44,45,46,47);/q-2;+4/p-2/b8-6+,20-11-,24-12-;. The first kappa shape index (κ1) is 36.7. The maximum atomic E-state index is 13.9. The molecule has 14 nitrogen and oxygen atoms in total. The number of nitrogens with zero attached hydrogens (tertiary/aromatic N) is 4. The van der Waals surface area contributed by atoms with Crippen molar-refractivity contribution in [1.29, 1.82) is 0 Å². The fraction of sp³-hybridized carbons (Fsp3) is 0.353. The van der Waals surface area contributed by atoms with Crippen LogP contribution in [0.25, 0.3) is 34.9 Å². The number of carbonyl (C=O) groups is 6. The van der Waals surface area contributed by atoms with E-state index in [9.17, 15) is 49.2 Å². The van der Waals surface area contributed by atoms with E-state index in [0.717, 1.165) is 6.08 Å². The van der Waals surface area contributed by atoms with Crippen LogP contribution in [0.1, 0.15) is 66.8 Å². The maximum absolute atomic E-state index is 13.9. The van der Waals surface area contributed by atoms with Crippen LogP contribution in [0, 0.1) is 24.7 Å². The number of ketones is 2. The molecule has 2 saturated heterocycles. The Morgan fingerprint density at radius 3 is 1.90 bits per heavy atom. The minimum Gasteiger partial charge on any atom is -0.675 e. The van der Waals surface area contributed by atoms with Crippen molar-refractivity contribution in [3.8, 4) is 0 Å². The third kappa shape index (κ3) is 6.76. The number of aliphatic carboxylic acids is 4. The second-order valence-electron chi connectivity index (χ2n) is 12.6. The van der Waals surface area contributed by atoms with Gasteiger partial charge in [-0.25, -0.2) is 4.79 Å². The molecular weight excluding hydrogens is 680 g/mol. The SMILES string of the molecule is Cc1c2[n-]c(c1CCC(=O)O)/C=c1\[n-]/c(c(C)c1/C=C/C(=O)O)=C\C1[N-]/C(=C\C3[N-]/C(=C\2)C(=O)C3(C)CC(=O)O)C(=O)C1(C)CC(=O)O.[Fe+4]. The van der Waals surface area contributed by atoms with Crippen molar-refractivity contribution in [1.82, 2.24) is 9.97 Å². The summed E-state index contributed by atoms with van der Waals surface area (Å²) in [6, 6.07) is -2.21. The monoisotopic (exact) mass is 712 g/mol. The van der Waals surface area contributed by atoms with Crippen LogP contribution in [0.5, 0.6) is 0 Å². The minimum absolute atomic E-state index is 0. The number of hydrogen-bond donors (Lipinski definition) is 4. The molecule has 0 amide bonds. The number of carboxylic acids is 4. The molecule has 0 spiro atoms. The second-order valence-corrected chi connectivity index (χ2v) is 12.6. The van der Waals surface area contributed by atoms with E-state index in [1.54, 1.807) is 19.9 Å². The first-order valence-electron chi connectivity index (χ1n) is 15.0. The Morgan fingerprint density at radius 2 is 1.33 bits per heavy atom. The maximum Gasteiger partial charge on any atom is 4.00 e. The molecule has 8 bridgehead atoms. The fourth-order valence-corrected chi connectivity index (χ4v) is 6.45. The molecule has 2 fully saturated rings. The largest absolute Gasteiger partial charge is 4.00 e. The zero-order chi connectivity index (χ0) is 35.3. The smallest absolute Gasteiger partial charge is 0.675 e. The van der Waals surface area contributed by atoms with Crippen molar-refractivity contribution < 1.29 is 66.3 Å². The third-order valence-corrected chi connectivity index (χ3v) is 9.25. The second kappa shape index (κ2) is 13.4. The normalized spacial score (nSPS) is 27.7. The topological polar surface area (TPSA) is 240 Å². The molecular formula is C34H32FeN4O10. The van der Waals surface area contributed by atoms with Crippen LogP contribution in [-0.2, 0) is 52.3 Å². The number of carbonyl (C=O) groups excluding carboxylic acids is 2. The van der Waals surface area contributed by atoms with Crippen molar-refractivity contribution in [2.75, 3.05) is 0 Å². The van der Waals surface area contributed by atoms with E-state index in [0.29, 0.717) is 33.3 Å². The van der Waals surface area contributed by atoms with Gasteiger partial charge in [-0.3, -0.25) is 24.0 Å². The van der Waals surface area contributed by atoms with Gasteiger partial charge in [0.2, 0.25) is 0 Å². The van der Waals surface area contributed by atoms with Gasteiger partial charge in [0.1, 0.15) is 11.6 Å². The number of Topliss-reactive ketones (excluding diaryl/α,β-unsaturated/α-hetero) is 2. The molecule has 5 heterocycles. The number of hydrogen-bond acceptors (Lipinski definition) is 6. The zero-order valence-corrected chi connectivity index (χ0v) is 27.9. The van der Waals surface area contributed by atoms with E-state index >= 15 is 0 Å². The summed E-state index contributed by atoms with van der Waals surface area (Å²) >= 11 is 0. The Kier molecular flexibility index (Phi) is 10.0. The van der Waals surface area contributed by atoms with Gasteiger partial charge in [-0.05, 0) is 31.9 Å². The van der Waals surface area contributed by atoms with Crippen molar-refractivity contribution in [2.45, 2.75) is 65.5 Å². The summed E-state index contributed by atoms with van der Waals surface area (Å²) in [5.41, 5.74) is -0.893. The van der Waals surface area contributed by atoms with Crippen LogP contribution in [-0.4, -0.2) is 68.0 Å². The van der Waals surface area contributed by atoms with Gasteiger partial charge in [0.25, 0.3) is 0 Å². The van der Waals surface area contributed by atoms with E-state index in [1.165, 1.54) is 38.2 Å². The molecule has 0 saturated carbocycles. The van der Waals surface area contributed by atoms with Crippen LogP contribution in [0.4, 0.5) is 0 Å². The van der Waals surface area contributed by atoms with Gasteiger partial charge in [0.05, 0.1) is 12.8 Å². The van der Waals surface area contributed by atoms with Gasteiger partial charge in [-0.2, -0.15) is 0 Å². The zero-order valence-electron chi connectivity index (χ0n) is 26.8. The van der Waals surface area contributed by atoms with Crippen LogP contribution in [0.2, 0.25) is 0 Å². The van der Waals surface area contributed by atoms with E-state index < -0.39 is 71.2 Å². The quantitative estimate of drug-likeness (QED) is 0.215. The molecule has 4 unspecified atom stereocenters. The summed E-state index contributed by atoms with van der Waals surface area (Å²) in [5, 5.41) is 48.0. The molecule has 0 radical (unpaired) electrons. The molecule has 2 aromatic heterocycles. The van der Waals surface area contributed by atoms with Crippen LogP contribution in [0.3, 0.4) is 0 Å². The Bertz CT molecular complexity index is 2020.